The maximum atomic E-state index is 13.6. The maximum absolute atomic E-state index is 13.6. The number of aryl methyl sites for hydroxylation is 3. The standard InChI is InChI=1S/C29H32N4O5S/c1-5-33-25-13-12-23(20(4)29(25)30-31-33)24(15-28(34)35)21-11-10-18(2)22(14-21)17-32-16-19(3)38-26-8-6-7-9-27(26)39(32,36)37/h6-14,19,24H,5,15-17H2,1-4H3,(H,34,35)/t19-,24?/m1/s1. The van der Waals surface area contributed by atoms with Crippen molar-refractivity contribution >= 4 is 27.0 Å². The molecule has 3 aromatic carbocycles. The lowest BCUT2D eigenvalue weighted by Crippen LogP contribution is -2.35. The van der Waals surface area contributed by atoms with Crippen molar-refractivity contribution in [3.05, 3.63) is 82.4 Å². The number of sulfonamides is 1. The fourth-order valence-corrected chi connectivity index (χ4v) is 6.95. The molecule has 1 aliphatic heterocycles. The summed E-state index contributed by atoms with van der Waals surface area (Å²) in [6.45, 7) is 8.75. The molecule has 0 amide bonds. The van der Waals surface area contributed by atoms with E-state index in [1.807, 2.05) is 62.7 Å². The van der Waals surface area contributed by atoms with E-state index in [2.05, 4.69) is 10.3 Å². The Morgan fingerprint density at radius 3 is 2.67 bits per heavy atom. The largest absolute Gasteiger partial charge is 0.488 e. The zero-order valence-corrected chi connectivity index (χ0v) is 23.3. The highest BCUT2D eigenvalue weighted by molar-refractivity contribution is 7.89. The van der Waals surface area contributed by atoms with E-state index in [-0.39, 0.29) is 30.5 Å². The van der Waals surface area contributed by atoms with Gasteiger partial charge in [-0.3, -0.25) is 4.79 Å². The van der Waals surface area contributed by atoms with Crippen LogP contribution in [0.1, 0.15) is 54.0 Å². The average molecular weight is 549 g/mol. The molecule has 1 unspecified atom stereocenters. The van der Waals surface area contributed by atoms with Crippen LogP contribution in [0.3, 0.4) is 0 Å². The molecule has 0 saturated heterocycles. The van der Waals surface area contributed by atoms with E-state index in [9.17, 15) is 18.3 Å². The fraction of sp³-hybridized carbons (Fsp3) is 0.345. The van der Waals surface area contributed by atoms with Gasteiger partial charge < -0.3 is 9.84 Å². The van der Waals surface area contributed by atoms with Crippen molar-refractivity contribution in [3.8, 4) is 5.75 Å². The second kappa shape index (κ2) is 10.4. The number of aromatic nitrogens is 3. The van der Waals surface area contributed by atoms with Crippen molar-refractivity contribution in [2.75, 3.05) is 6.54 Å². The van der Waals surface area contributed by atoms with Gasteiger partial charge in [0.2, 0.25) is 10.0 Å². The van der Waals surface area contributed by atoms with E-state index < -0.39 is 21.9 Å². The van der Waals surface area contributed by atoms with Gasteiger partial charge in [-0.25, -0.2) is 13.1 Å². The molecule has 1 aromatic heterocycles. The molecular weight excluding hydrogens is 516 g/mol. The second-order valence-electron chi connectivity index (χ2n) is 10.1. The van der Waals surface area contributed by atoms with Crippen LogP contribution in [-0.2, 0) is 27.9 Å². The Bertz CT molecular complexity index is 1660. The molecule has 0 spiro atoms. The normalized spacial score (nSPS) is 17.8. The number of carboxylic acids is 1. The molecule has 1 aliphatic rings. The van der Waals surface area contributed by atoms with Crippen LogP contribution in [0.25, 0.3) is 11.0 Å². The van der Waals surface area contributed by atoms with Gasteiger partial charge in [-0.2, -0.15) is 4.31 Å². The lowest BCUT2D eigenvalue weighted by Gasteiger charge is -2.24. The number of fused-ring (bicyclic) bond motifs is 2. The number of para-hydroxylation sites is 1. The van der Waals surface area contributed by atoms with Crippen molar-refractivity contribution in [1.29, 1.82) is 0 Å². The highest BCUT2D eigenvalue weighted by atomic mass is 32.2. The molecular formula is C29H32N4O5S. The van der Waals surface area contributed by atoms with E-state index in [4.69, 9.17) is 4.74 Å². The van der Waals surface area contributed by atoms with Gasteiger partial charge in [-0.05, 0) is 73.7 Å². The molecule has 0 radical (unpaired) electrons. The van der Waals surface area contributed by atoms with Crippen molar-refractivity contribution < 1.29 is 23.1 Å². The van der Waals surface area contributed by atoms with Crippen molar-refractivity contribution in [3.63, 3.8) is 0 Å². The van der Waals surface area contributed by atoms with Crippen LogP contribution in [0.5, 0.6) is 5.75 Å². The SMILES string of the molecule is CCn1nnc2c(C)c(C(CC(=O)O)c3ccc(C)c(CN4C[C@@H](C)Oc5ccccc5S4(=O)=O)c3)ccc21. The molecule has 0 saturated carbocycles. The Morgan fingerprint density at radius 2 is 1.92 bits per heavy atom. The monoisotopic (exact) mass is 548 g/mol. The van der Waals surface area contributed by atoms with Gasteiger partial charge in [0.1, 0.15) is 22.3 Å². The summed E-state index contributed by atoms with van der Waals surface area (Å²) in [5.41, 5.74) is 5.95. The number of carboxylic acid groups (broad SMARTS) is 1. The number of rotatable bonds is 7. The van der Waals surface area contributed by atoms with Gasteiger partial charge in [0.05, 0.1) is 18.5 Å². The first-order valence-electron chi connectivity index (χ1n) is 13.0. The smallest absolute Gasteiger partial charge is 0.304 e. The van der Waals surface area contributed by atoms with E-state index in [0.717, 1.165) is 38.9 Å². The maximum Gasteiger partial charge on any atom is 0.304 e. The molecule has 1 N–H and O–H groups in total. The molecule has 39 heavy (non-hydrogen) atoms. The summed E-state index contributed by atoms with van der Waals surface area (Å²) in [5.74, 6) is -1.01. The summed E-state index contributed by atoms with van der Waals surface area (Å²) >= 11 is 0. The highest BCUT2D eigenvalue weighted by Gasteiger charge is 2.33. The molecule has 0 fully saturated rings. The van der Waals surface area contributed by atoms with Gasteiger partial charge in [-0.1, -0.05) is 41.6 Å². The fourth-order valence-electron chi connectivity index (χ4n) is 5.33. The molecule has 10 heteroatoms. The number of benzene rings is 3. The topological polar surface area (TPSA) is 115 Å². The van der Waals surface area contributed by atoms with Gasteiger partial charge in [0.25, 0.3) is 0 Å². The molecule has 2 heterocycles. The molecule has 9 nitrogen and oxygen atoms in total. The number of hydrogen-bond acceptors (Lipinski definition) is 6. The minimum absolute atomic E-state index is 0.114. The lowest BCUT2D eigenvalue weighted by atomic mass is 9.84. The molecule has 0 aliphatic carbocycles. The van der Waals surface area contributed by atoms with Gasteiger partial charge >= 0.3 is 5.97 Å². The zero-order valence-electron chi connectivity index (χ0n) is 22.5. The summed E-state index contributed by atoms with van der Waals surface area (Å²) in [7, 11) is -3.81. The van der Waals surface area contributed by atoms with Crippen LogP contribution in [0.2, 0.25) is 0 Å². The summed E-state index contributed by atoms with van der Waals surface area (Å²) in [5, 5.41) is 18.4. The van der Waals surface area contributed by atoms with Crippen molar-refractivity contribution in [1.82, 2.24) is 19.3 Å². The lowest BCUT2D eigenvalue weighted by molar-refractivity contribution is -0.137. The van der Waals surface area contributed by atoms with E-state index >= 15 is 0 Å². The van der Waals surface area contributed by atoms with E-state index in [1.54, 1.807) is 24.3 Å². The Morgan fingerprint density at radius 1 is 1.15 bits per heavy atom. The summed E-state index contributed by atoms with van der Waals surface area (Å²) in [6, 6.07) is 16.4. The molecule has 204 valence electrons. The number of nitrogens with zero attached hydrogens (tertiary/aromatic N) is 4. The minimum atomic E-state index is -3.81. The first kappa shape index (κ1) is 26.8. The van der Waals surface area contributed by atoms with Gasteiger partial charge in [0.15, 0.2) is 0 Å². The Kier molecular flexibility index (Phi) is 7.17. The molecule has 0 bridgehead atoms. The minimum Gasteiger partial charge on any atom is -0.488 e. The molecule has 2 atom stereocenters. The average Bonchev–Trinajstić information content (AvgIpc) is 3.29. The van der Waals surface area contributed by atoms with Crippen LogP contribution in [0, 0.1) is 13.8 Å². The summed E-state index contributed by atoms with van der Waals surface area (Å²) in [6.07, 6.45) is -0.450. The number of aliphatic carboxylic acids is 1. The van der Waals surface area contributed by atoms with Crippen LogP contribution < -0.4 is 4.74 Å². The molecule has 4 aromatic rings. The van der Waals surface area contributed by atoms with Crippen LogP contribution in [0.15, 0.2) is 59.5 Å². The van der Waals surface area contributed by atoms with E-state index in [1.165, 1.54) is 4.31 Å². The number of hydrogen-bond donors (Lipinski definition) is 1. The third-order valence-corrected chi connectivity index (χ3v) is 9.27. The predicted octanol–water partition coefficient (Wildman–Crippen LogP) is 4.65. The quantitative estimate of drug-likeness (QED) is 0.358. The van der Waals surface area contributed by atoms with Crippen LogP contribution in [0.4, 0.5) is 0 Å². The van der Waals surface area contributed by atoms with Gasteiger partial charge in [-0.15, -0.1) is 5.10 Å². The Balaban J connectivity index is 1.55. The van der Waals surface area contributed by atoms with Crippen molar-refractivity contribution in [2.45, 2.75) is 64.1 Å². The van der Waals surface area contributed by atoms with Crippen LogP contribution >= 0.6 is 0 Å². The van der Waals surface area contributed by atoms with Gasteiger partial charge in [0, 0.05) is 19.0 Å². The Hall–Kier alpha value is -3.76. The van der Waals surface area contributed by atoms with Crippen LogP contribution in [-0.4, -0.2) is 51.4 Å². The zero-order chi connectivity index (χ0) is 27.9. The second-order valence-corrected chi connectivity index (χ2v) is 12.0. The summed E-state index contributed by atoms with van der Waals surface area (Å²) < 4.78 is 36.4. The highest BCUT2D eigenvalue weighted by Crippen LogP contribution is 2.36. The molecule has 5 rings (SSSR count). The number of carbonyl (C=O) groups is 1. The summed E-state index contributed by atoms with van der Waals surface area (Å²) in [4.78, 5) is 12.1. The predicted molar refractivity (Wildman–Crippen MR) is 147 cm³/mol. The third-order valence-electron chi connectivity index (χ3n) is 7.41. The number of ether oxygens (including phenoxy) is 1. The third kappa shape index (κ3) is 5.02. The first-order chi connectivity index (χ1) is 18.6. The Labute approximate surface area is 228 Å². The van der Waals surface area contributed by atoms with Crippen molar-refractivity contribution in [2.24, 2.45) is 0 Å². The van der Waals surface area contributed by atoms with E-state index in [0.29, 0.717) is 12.3 Å². The first-order valence-corrected chi connectivity index (χ1v) is 14.4.